The molecule has 0 radical (unpaired) electrons. The number of aryl methyl sites for hydroxylation is 3. The van der Waals surface area contributed by atoms with Gasteiger partial charge < -0.3 is 14.9 Å². The Bertz CT molecular complexity index is 888. The van der Waals surface area contributed by atoms with Crippen LogP contribution in [-0.4, -0.2) is 30.1 Å². The van der Waals surface area contributed by atoms with Crippen molar-refractivity contribution in [2.75, 3.05) is 17.7 Å². The molecule has 0 aliphatic heterocycles. The monoisotopic (exact) mass is 390 g/mol. The fraction of sp³-hybridized carbons (Fsp3) is 0.316. The summed E-state index contributed by atoms with van der Waals surface area (Å²) in [4.78, 5) is 37.1. The van der Waals surface area contributed by atoms with Crippen molar-refractivity contribution in [1.82, 2.24) is 0 Å². The molecule has 0 aliphatic carbocycles. The SMILES string of the molecule is CCOC(=O)c1c(C)oc(NC(=O)CSc2ccc(C)c(C)c2)c1C(N)=O. The van der Waals surface area contributed by atoms with Gasteiger partial charge in [-0.15, -0.1) is 11.8 Å². The summed E-state index contributed by atoms with van der Waals surface area (Å²) in [6.07, 6.45) is 0. The van der Waals surface area contributed by atoms with Crippen LogP contribution >= 0.6 is 11.8 Å². The second-order valence-corrected chi connectivity index (χ2v) is 6.95. The lowest BCUT2D eigenvalue weighted by molar-refractivity contribution is -0.113. The number of ether oxygens (including phenoxy) is 1. The number of nitrogens with two attached hydrogens (primary N) is 1. The summed E-state index contributed by atoms with van der Waals surface area (Å²) in [6, 6.07) is 5.92. The van der Waals surface area contributed by atoms with E-state index in [1.807, 2.05) is 32.0 Å². The number of nitrogens with one attached hydrogen (secondary N) is 1. The van der Waals surface area contributed by atoms with Crippen molar-refractivity contribution in [2.24, 2.45) is 5.73 Å². The first-order valence-electron chi connectivity index (χ1n) is 8.34. The lowest BCUT2D eigenvalue weighted by Gasteiger charge is -2.06. The van der Waals surface area contributed by atoms with Crippen molar-refractivity contribution in [3.05, 3.63) is 46.2 Å². The maximum atomic E-state index is 12.3. The smallest absolute Gasteiger partial charge is 0.342 e. The van der Waals surface area contributed by atoms with E-state index in [2.05, 4.69) is 5.32 Å². The third-order valence-electron chi connectivity index (χ3n) is 3.91. The van der Waals surface area contributed by atoms with Crippen LogP contribution in [0.2, 0.25) is 0 Å². The average Bonchev–Trinajstić information content (AvgIpc) is 2.92. The average molecular weight is 390 g/mol. The Morgan fingerprint density at radius 1 is 1.15 bits per heavy atom. The third-order valence-corrected chi connectivity index (χ3v) is 4.91. The Kier molecular flexibility index (Phi) is 6.68. The molecule has 27 heavy (non-hydrogen) atoms. The number of rotatable bonds is 7. The molecule has 8 heteroatoms. The van der Waals surface area contributed by atoms with Gasteiger partial charge in [-0.3, -0.25) is 14.9 Å². The number of carbonyl (C=O) groups excluding carboxylic acids is 3. The van der Waals surface area contributed by atoms with E-state index in [4.69, 9.17) is 14.9 Å². The topological polar surface area (TPSA) is 112 Å². The van der Waals surface area contributed by atoms with Gasteiger partial charge >= 0.3 is 5.97 Å². The van der Waals surface area contributed by atoms with E-state index in [9.17, 15) is 14.4 Å². The molecular formula is C19H22N2O5S. The fourth-order valence-electron chi connectivity index (χ4n) is 2.43. The van der Waals surface area contributed by atoms with Gasteiger partial charge in [0.05, 0.1) is 12.4 Å². The van der Waals surface area contributed by atoms with Crippen LogP contribution in [-0.2, 0) is 9.53 Å². The third kappa shape index (κ3) is 4.91. The molecule has 2 aromatic rings. The molecule has 0 spiro atoms. The maximum absolute atomic E-state index is 12.3. The van der Waals surface area contributed by atoms with E-state index < -0.39 is 11.9 Å². The van der Waals surface area contributed by atoms with Crippen molar-refractivity contribution in [2.45, 2.75) is 32.6 Å². The van der Waals surface area contributed by atoms with Crippen LogP contribution < -0.4 is 11.1 Å². The minimum absolute atomic E-state index is 0.0681. The first-order chi connectivity index (χ1) is 12.7. The normalized spacial score (nSPS) is 10.5. The Hall–Kier alpha value is -2.74. The van der Waals surface area contributed by atoms with Gasteiger partial charge in [0.25, 0.3) is 5.91 Å². The lowest BCUT2D eigenvalue weighted by atomic mass is 10.1. The van der Waals surface area contributed by atoms with Crippen LogP contribution in [0, 0.1) is 20.8 Å². The number of furan rings is 1. The fourth-order valence-corrected chi connectivity index (χ4v) is 3.23. The van der Waals surface area contributed by atoms with E-state index in [1.54, 1.807) is 6.92 Å². The number of hydrogen-bond donors (Lipinski definition) is 2. The molecule has 3 N–H and O–H groups in total. The van der Waals surface area contributed by atoms with Gasteiger partial charge in [-0.1, -0.05) is 6.07 Å². The molecule has 144 valence electrons. The molecule has 2 rings (SSSR count). The van der Waals surface area contributed by atoms with E-state index in [0.717, 1.165) is 10.5 Å². The highest BCUT2D eigenvalue weighted by Gasteiger charge is 2.29. The molecular weight excluding hydrogens is 368 g/mol. The standard InChI is InChI=1S/C19H22N2O5S/c1-5-25-19(24)15-12(4)26-18(16(15)17(20)23)21-14(22)9-27-13-7-6-10(2)11(3)8-13/h6-8H,5,9H2,1-4H3,(H2,20,23)(H,21,22). The molecule has 0 fully saturated rings. The van der Waals surface area contributed by atoms with E-state index in [-0.39, 0.29) is 41.0 Å². The number of thioether (sulfide) groups is 1. The number of hydrogen-bond acceptors (Lipinski definition) is 6. The van der Waals surface area contributed by atoms with Crippen molar-refractivity contribution >= 4 is 35.4 Å². The highest BCUT2D eigenvalue weighted by molar-refractivity contribution is 8.00. The van der Waals surface area contributed by atoms with Gasteiger partial charge in [-0.05, 0) is 51.0 Å². The minimum atomic E-state index is -0.882. The molecule has 0 bridgehead atoms. The van der Waals surface area contributed by atoms with Crippen LogP contribution in [0.1, 0.15) is 44.5 Å². The summed E-state index contributed by atoms with van der Waals surface area (Å²) in [6.45, 7) is 7.29. The zero-order chi connectivity index (χ0) is 20.1. The summed E-state index contributed by atoms with van der Waals surface area (Å²) in [5.41, 5.74) is 7.43. The zero-order valence-corrected chi connectivity index (χ0v) is 16.5. The Morgan fingerprint density at radius 2 is 1.85 bits per heavy atom. The van der Waals surface area contributed by atoms with Gasteiger partial charge in [-0.25, -0.2) is 4.79 Å². The summed E-state index contributed by atoms with van der Waals surface area (Å²) in [5, 5.41) is 2.51. The van der Waals surface area contributed by atoms with Crippen LogP contribution in [0.4, 0.5) is 5.88 Å². The first-order valence-corrected chi connectivity index (χ1v) is 9.33. The second-order valence-electron chi connectivity index (χ2n) is 5.91. The van der Waals surface area contributed by atoms with E-state index in [1.165, 1.54) is 24.2 Å². The molecule has 1 aromatic carbocycles. The maximum Gasteiger partial charge on any atom is 0.342 e. The van der Waals surface area contributed by atoms with Gasteiger partial charge in [-0.2, -0.15) is 0 Å². The Morgan fingerprint density at radius 3 is 2.44 bits per heavy atom. The Balaban J connectivity index is 2.15. The largest absolute Gasteiger partial charge is 0.462 e. The molecule has 1 aromatic heterocycles. The van der Waals surface area contributed by atoms with Gasteiger partial charge in [0.15, 0.2) is 0 Å². The zero-order valence-electron chi connectivity index (χ0n) is 15.7. The predicted octanol–water partition coefficient (Wildman–Crippen LogP) is 3.21. The minimum Gasteiger partial charge on any atom is -0.462 e. The van der Waals surface area contributed by atoms with Crippen molar-refractivity contribution in [1.29, 1.82) is 0 Å². The lowest BCUT2D eigenvalue weighted by Crippen LogP contribution is -2.21. The number of benzene rings is 1. The highest BCUT2D eigenvalue weighted by atomic mass is 32.2. The molecule has 0 saturated carbocycles. The van der Waals surface area contributed by atoms with E-state index >= 15 is 0 Å². The molecule has 0 atom stereocenters. The number of amides is 2. The number of anilines is 1. The second kappa shape index (κ2) is 8.77. The molecule has 0 saturated heterocycles. The van der Waals surface area contributed by atoms with Gasteiger partial charge in [0.2, 0.25) is 11.8 Å². The number of carbonyl (C=O) groups is 3. The quantitative estimate of drug-likeness (QED) is 0.555. The van der Waals surface area contributed by atoms with Crippen LogP contribution in [0.15, 0.2) is 27.5 Å². The van der Waals surface area contributed by atoms with Crippen molar-refractivity contribution < 1.29 is 23.5 Å². The molecule has 0 aliphatic rings. The predicted molar refractivity (Wildman–Crippen MR) is 103 cm³/mol. The summed E-state index contributed by atoms with van der Waals surface area (Å²) >= 11 is 1.35. The summed E-state index contributed by atoms with van der Waals surface area (Å²) in [5.74, 6) is -1.88. The summed E-state index contributed by atoms with van der Waals surface area (Å²) in [7, 11) is 0. The van der Waals surface area contributed by atoms with E-state index in [0.29, 0.717) is 0 Å². The molecule has 0 unspecified atom stereocenters. The van der Waals surface area contributed by atoms with Gasteiger partial charge in [0.1, 0.15) is 16.9 Å². The number of esters is 1. The Labute approximate surface area is 161 Å². The van der Waals surface area contributed by atoms with Crippen LogP contribution in [0.3, 0.4) is 0 Å². The van der Waals surface area contributed by atoms with Gasteiger partial charge in [0, 0.05) is 4.90 Å². The van der Waals surface area contributed by atoms with Crippen LogP contribution in [0.5, 0.6) is 0 Å². The first kappa shape index (κ1) is 20.6. The molecule has 7 nitrogen and oxygen atoms in total. The van der Waals surface area contributed by atoms with Crippen molar-refractivity contribution in [3.63, 3.8) is 0 Å². The highest BCUT2D eigenvalue weighted by Crippen LogP contribution is 2.28. The van der Waals surface area contributed by atoms with Crippen molar-refractivity contribution in [3.8, 4) is 0 Å². The molecule has 2 amide bonds. The molecule has 1 heterocycles. The van der Waals surface area contributed by atoms with Crippen LogP contribution in [0.25, 0.3) is 0 Å². The number of primary amides is 1. The summed E-state index contributed by atoms with van der Waals surface area (Å²) < 4.78 is 10.3.